The lowest BCUT2D eigenvalue weighted by Gasteiger charge is -2.13. The predicted octanol–water partition coefficient (Wildman–Crippen LogP) is 3.83. The van der Waals surface area contributed by atoms with E-state index in [1.54, 1.807) is 24.3 Å². The van der Waals surface area contributed by atoms with Gasteiger partial charge in [0.25, 0.3) is 5.91 Å². The van der Waals surface area contributed by atoms with Crippen LogP contribution < -0.4 is 10.1 Å². The van der Waals surface area contributed by atoms with E-state index in [1.165, 1.54) is 19.2 Å². The van der Waals surface area contributed by atoms with Gasteiger partial charge in [0, 0.05) is 6.42 Å². The van der Waals surface area contributed by atoms with Crippen molar-refractivity contribution in [3.63, 3.8) is 0 Å². The molecule has 0 saturated heterocycles. The predicted molar refractivity (Wildman–Crippen MR) is 92.3 cm³/mol. The van der Waals surface area contributed by atoms with Crippen LogP contribution in [0.1, 0.15) is 17.5 Å². The lowest BCUT2D eigenvalue weighted by Crippen LogP contribution is -2.22. The molecule has 0 bridgehead atoms. The van der Waals surface area contributed by atoms with Crippen LogP contribution in [0, 0.1) is 0 Å². The summed E-state index contributed by atoms with van der Waals surface area (Å²) in [5.41, 5.74) is -0.554. The lowest BCUT2D eigenvalue weighted by molar-refractivity contribution is -0.147. The zero-order chi connectivity index (χ0) is 19.9. The van der Waals surface area contributed by atoms with Crippen molar-refractivity contribution in [2.75, 3.05) is 19.0 Å². The number of carbonyl (C=O) groups is 2. The van der Waals surface area contributed by atoms with Gasteiger partial charge in [-0.1, -0.05) is 30.3 Å². The molecule has 0 heterocycles. The Bertz CT molecular complexity index is 806. The maximum atomic E-state index is 12.9. The normalized spacial score (nSPS) is 11.0. The Labute approximate surface area is 154 Å². The SMILES string of the molecule is COc1ccccc1CCC(=O)OCC(=O)Nc1ccccc1C(F)(F)F. The number of alkyl halides is 3. The van der Waals surface area contributed by atoms with E-state index in [4.69, 9.17) is 9.47 Å². The van der Waals surface area contributed by atoms with Crippen LogP contribution in [-0.4, -0.2) is 25.6 Å². The molecule has 1 amide bonds. The summed E-state index contributed by atoms with van der Waals surface area (Å²) >= 11 is 0. The largest absolute Gasteiger partial charge is 0.496 e. The molecule has 2 aromatic carbocycles. The molecule has 5 nitrogen and oxygen atoms in total. The Morgan fingerprint density at radius 3 is 2.41 bits per heavy atom. The molecule has 0 atom stereocenters. The number of para-hydroxylation sites is 2. The third-order valence-corrected chi connectivity index (χ3v) is 3.66. The lowest BCUT2D eigenvalue weighted by atomic mass is 10.1. The van der Waals surface area contributed by atoms with E-state index in [1.807, 2.05) is 0 Å². The first kappa shape index (κ1) is 20.3. The van der Waals surface area contributed by atoms with Gasteiger partial charge in [0.1, 0.15) is 5.75 Å². The van der Waals surface area contributed by atoms with E-state index in [0.717, 1.165) is 17.7 Å². The molecule has 8 heteroatoms. The molecule has 0 unspecified atom stereocenters. The average Bonchev–Trinajstić information content (AvgIpc) is 2.64. The van der Waals surface area contributed by atoms with Crippen molar-refractivity contribution in [3.8, 4) is 5.75 Å². The van der Waals surface area contributed by atoms with E-state index >= 15 is 0 Å². The van der Waals surface area contributed by atoms with Gasteiger partial charge in [0.15, 0.2) is 6.61 Å². The van der Waals surface area contributed by atoms with Crippen molar-refractivity contribution in [2.24, 2.45) is 0 Å². The highest BCUT2D eigenvalue weighted by Gasteiger charge is 2.33. The Morgan fingerprint density at radius 1 is 1.04 bits per heavy atom. The number of methoxy groups -OCH3 is 1. The maximum Gasteiger partial charge on any atom is 0.418 e. The summed E-state index contributed by atoms with van der Waals surface area (Å²) < 4.78 is 48.7. The van der Waals surface area contributed by atoms with Gasteiger partial charge in [-0.05, 0) is 30.2 Å². The van der Waals surface area contributed by atoms with Crippen LogP contribution in [0.2, 0.25) is 0 Å². The van der Waals surface area contributed by atoms with Crippen molar-refractivity contribution in [2.45, 2.75) is 19.0 Å². The number of aryl methyl sites for hydroxylation is 1. The van der Waals surface area contributed by atoms with Gasteiger partial charge in [-0.25, -0.2) is 0 Å². The minimum atomic E-state index is -4.60. The molecule has 0 radical (unpaired) electrons. The highest BCUT2D eigenvalue weighted by molar-refractivity contribution is 5.93. The summed E-state index contributed by atoms with van der Waals surface area (Å²) in [6.45, 7) is -0.670. The molecule has 1 N–H and O–H groups in total. The number of rotatable bonds is 7. The van der Waals surface area contributed by atoms with Gasteiger partial charge in [-0.15, -0.1) is 0 Å². The summed E-state index contributed by atoms with van der Waals surface area (Å²) in [4.78, 5) is 23.6. The summed E-state index contributed by atoms with van der Waals surface area (Å²) in [7, 11) is 1.51. The first-order chi connectivity index (χ1) is 12.8. The number of nitrogens with one attached hydrogen (secondary N) is 1. The molecule has 0 aliphatic heterocycles. The van der Waals surface area contributed by atoms with Gasteiger partial charge >= 0.3 is 12.1 Å². The van der Waals surface area contributed by atoms with Crippen LogP contribution in [0.25, 0.3) is 0 Å². The monoisotopic (exact) mass is 381 g/mol. The van der Waals surface area contributed by atoms with Gasteiger partial charge < -0.3 is 14.8 Å². The summed E-state index contributed by atoms with van der Waals surface area (Å²) in [5.74, 6) is -0.857. The van der Waals surface area contributed by atoms with Crippen LogP contribution >= 0.6 is 0 Å². The third-order valence-electron chi connectivity index (χ3n) is 3.66. The fraction of sp³-hybridized carbons (Fsp3) is 0.263. The molecular formula is C19H18F3NO4. The second-order valence-electron chi connectivity index (χ2n) is 5.56. The van der Waals surface area contributed by atoms with Crippen molar-refractivity contribution in [3.05, 3.63) is 59.7 Å². The highest BCUT2D eigenvalue weighted by atomic mass is 19.4. The molecule has 27 heavy (non-hydrogen) atoms. The zero-order valence-corrected chi connectivity index (χ0v) is 14.5. The number of esters is 1. The number of ether oxygens (including phenoxy) is 2. The third kappa shape index (κ3) is 6.02. The van der Waals surface area contributed by atoms with E-state index in [0.29, 0.717) is 12.2 Å². The number of hydrogen-bond acceptors (Lipinski definition) is 4. The first-order valence-corrected chi connectivity index (χ1v) is 8.05. The number of carbonyl (C=O) groups excluding carboxylic acids is 2. The minimum absolute atomic E-state index is 0.00674. The van der Waals surface area contributed by atoms with E-state index < -0.39 is 30.2 Å². The van der Waals surface area contributed by atoms with Crippen LogP contribution in [0.15, 0.2) is 48.5 Å². The molecule has 0 saturated carbocycles. The Hall–Kier alpha value is -3.03. The highest BCUT2D eigenvalue weighted by Crippen LogP contribution is 2.34. The fourth-order valence-electron chi connectivity index (χ4n) is 2.39. The molecule has 0 aliphatic rings. The number of halogens is 3. The van der Waals surface area contributed by atoms with Gasteiger partial charge in [0.2, 0.25) is 0 Å². The van der Waals surface area contributed by atoms with E-state index in [9.17, 15) is 22.8 Å². The topological polar surface area (TPSA) is 64.6 Å². The summed E-state index contributed by atoms with van der Waals surface area (Å²) in [6, 6.07) is 11.7. The quantitative estimate of drug-likeness (QED) is 0.741. The van der Waals surface area contributed by atoms with Crippen molar-refractivity contribution < 1.29 is 32.2 Å². The molecule has 2 aromatic rings. The maximum absolute atomic E-state index is 12.9. The fourth-order valence-corrected chi connectivity index (χ4v) is 2.39. The first-order valence-electron chi connectivity index (χ1n) is 8.05. The Kier molecular flexibility index (Phi) is 6.81. The molecule has 0 spiro atoms. The number of hydrogen-bond donors (Lipinski definition) is 1. The van der Waals surface area contributed by atoms with Crippen LogP contribution in [-0.2, 0) is 26.9 Å². The van der Waals surface area contributed by atoms with Gasteiger partial charge in [0.05, 0.1) is 18.4 Å². The van der Waals surface area contributed by atoms with Crippen molar-refractivity contribution >= 4 is 17.6 Å². The van der Waals surface area contributed by atoms with Gasteiger partial charge in [-0.2, -0.15) is 13.2 Å². The number of amides is 1. The summed E-state index contributed by atoms with van der Waals surface area (Å²) in [5, 5.41) is 2.11. The zero-order valence-electron chi connectivity index (χ0n) is 14.5. The molecule has 0 aromatic heterocycles. The van der Waals surface area contributed by atoms with E-state index in [2.05, 4.69) is 5.32 Å². The molecule has 0 aliphatic carbocycles. The van der Waals surface area contributed by atoms with Crippen LogP contribution in [0.3, 0.4) is 0 Å². The molecular weight excluding hydrogens is 363 g/mol. The summed E-state index contributed by atoms with van der Waals surface area (Å²) in [6.07, 6.45) is -4.25. The molecule has 2 rings (SSSR count). The van der Waals surface area contributed by atoms with Gasteiger partial charge in [-0.3, -0.25) is 9.59 Å². The second kappa shape index (κ2) is 9.07. The average molecular weight is 381 g/mol. The van der Waals surface area contributed by atoms with E-state index in [-0.39, 0.29) is 12.1 Å². The standard InChI is InChI=1S/C19H18F3NO4/c1-26-16-9-5-2-6-13(16)10-11-18(25)27-12-17(24)23-15-8-4-3-7-14(15)19(20,21)22/h2-9H,10-12H2,1H3,(H,23,24). The Balaban J connectivity index is 1.85. The minimum Gasteiger partial charge on any atom is -0.496 e. The van der Waals surface area contributed by atoms with Crippen LogP contribution in [0.5, 0.6) is 5.75 Å². The van der Waals surface area contributed by atoms with Crippen LogP contribution in [0.4, 0.5) is 18.9 Å². The number of benzene rings is 2. The molecule has 144 valence electrons. The molecule has 0 fully saturated rings. The Morgan fingerprint density at radius 2 is 1.70 bits per heavy atom. The van der Waals surface area contributed by atoms with Crippen molar-refractivity contribution in [1.82, 2.24) is 0 Å². The number of anilines is 1. The van der Waals surface area contributed by atoms with Crippen molar-refractivity contribution in [1.29, 1.82) is 0 Å². The smallest absolute Gasteiger partial charge is 0.418 e. The second-order valence-corrected chi connectivity index (χ2v) is 5.56.